The molecular formula is C104H125Cl3N10O10. The highest BCUT2D eigenvalue weighted by Gasteiger charge is 2.37. The molecule has 9 aromatic rings. The van der Waals surface area contributed by atoms with E-state index in [1.54, 1.807) is 4.90 Å². The van der Waals surface area contributed by atoms with Gasteiger partial charge in [0.05, 0.1) is 49.4 Å². The smallest absolute Gasteiger partial charge is 0.293 e. The van der Waals surface area contributed by atoms with Crippen molar-refractivity contribution in [3.05, 3.63) is 224 Å². The molecule has 0 bridgehead atoms. The van der Waals surface area contributed by atoms with E-state index >= 15 is 0 Å². The van der Waals surface area contributed by atoms with Crippen LogP contribution in [0.4, 0.5) is 0 Å². The van der Waals surface area contributed by atoms with Crippen LogP contribution in [0.2, 0.25) is 15.1 Å². The lowest BCUT2D eigenvalue weighted by Crippen LogP contribution is -2.47. The van der Waals surface area contributed by atoms with Crippen LogP contribution in [0.25, 0.3) is 50.1 Å². The number of likely N-dealkylation sites (tertiary alicyclic amines) is 1. The van der Waals surface area contributed by atoms with Crippen LogP contribution in [0.1, 0.15) is 224 Å². The van der Waals surface area contributed by atoms with Gasteiger partial charge < -0.3 is 39.8 Å². The molecular weight excluding hydrogens is 1660 g/mol. The predicted molar refractivity (Wildman–Crippen MR) is 507 cm³/mol. The Labute approximate surface area is 764 Å². The summed E-state index contributed by atoms with van der Waals surface area (Å²) in [6, 6.07) is 31.1. The number of halogens is 3. The Morgan fingerprint density at radius 3 is 1.13 bits per heavy atom. The average Bonchev–Trinajstić information content (AvgIpc) is 1.61. The zero-order valence-electron chi connectivity index (χ0n) is 77.1. The molecule has 4 amide bonds. The monoisotopic (exact) mass is 1780 g/mol. The van der Waals surface area contributed by atoms with Gasteiger partial charge in [-0.3, -0.25) is 42.8 Å². The standard InChI is InChI=1S/C36H43ClN4O4.C34H40ClN3O4.C34H42ClN3O2/c1-21-17-27(18-22(2)35(21)37)45-16-8-11-29-28-9-7-10-30(34-24(4)39-40(6)25(34)5)31(28)20-32(29)36(44)38-26-12-14-41(15-13-26)33(43)19-23(3)42;1-20-16-24(17-21(2)33(20)35)41-15-9-12-26-25-10-8-11-27(32-22(3)37-38(5)23(32)4)28(25)18-29(26)34(40)36-30-13-6-7-14-31(30)42-19-39;1-20-10-7-11-25(16-20)36-34(39)31-19-30-27(12-8-13-29(30)32-23(4)37-38(6)24(32)5)28(31)14-9-15-40-26-17-21(2)33(35)22(3)18-26/h7,9-10,17-18,26H,8,11-16,19-20H2,1-6H3,(H,38,44);8,10-11,16-17,19,30-31H,6-7,9,12-15,18H2,1-5H3,(H,36,40);8,12-13,17-18,20,25H,7,9-11,14-16,19H2,1-6H3,(H,36,39)/t;30-,31+;20-,25-/m.01/s1. The molecule has 6 aliphatic rings. The number of carbonyl (C=O) groups excluding carboxylic acids is 6. The molecule has 672 valence electrons. The Morgan fingerprint density at radius 2 is 0.795 bits per heavy atom. The molecule has 6 aromatic carbocycles. The van der Waals surface area contributed by atoms with Gasteiger partial charge >= 0.3 is 0 Å². The third-order valence-electron chi connectivity index (χ3n) is 26.7. The van der Waals surface area contributed by atoms with Crippen molar-refractivity contribution >= 4 is 87.4 Å². The van der Waals surface area contributed by atoms with Crippen molar-refractivity contribution in [2.24, 2.45) is 27.1 Å². The second-order valence-electron chi connectivity index (χ2n) is 36.0. The molecule has 2 saturated carbocycles. The maximum atomic E-state index is 13.9. The van der Waals surface area contributed by atoms with Crippen LogP contribution in [0, 0.1) is 89.0 Å². The fourth-order valence-electron chi connectivity index (χ4n) is 20.0. The molecule has 15 rings (SSSR count). The fraction of sp³-hybridized carbons (Fsp3) is 0.452. The van der Waals surface area contributed by atoms with Gasteiger partial charge in [0.1, 0.15) is 29.1 Å². The second kappa shape index (κ2) is 41.7. The summed E-state index contributed by atoms with van der Waals surface area (Å²) in [5, 5.41) is 26.2. The fourth-order valence-corrected chi connectivity index (χ4v) is 20.3. The van der Waals surface area contributed by atoms with Gasteiger partial charge in [-0.2, -0.15) is 15.3 Å². The summed E-state index contributed by atoms with van der Waals surface area (Å²) in [6.07, 6.45) is 15.4. The SMILES string of the molecule is CC(=O)CC(=O)N1CCC(NC(=O)C2=C(CCCOc3cc(C)c(Cl)c(C)c3)c3cccc(-c4c(C)nn(C)c4C)c3C2)CC1.Cc1cc(OCCCC2=C(C(=O)N[C@@H]3CCC[C@@H](C)C3)Cc3c2cccc3-c2c(C)nn(C)c2C)cc(C)c1Cl.Cc1cc(OCCCC2=C(C(=O)N[C@H]3CCCC[C@H]3OC=O)Cc3c2cccc3-c2c(C)nn(C)c2C)cc(C)c1Cl. The Bertz CT molecular complexity index is 5720. The van der Waals surface area contributed by atoms with Crippen LogP contribution in [0.15, 0.2) is 108 Å². The third kappa shape index (κ3) is 21.6. The van der Waals surface area contributed by atoms with E-state index in [-0.39, 0.29) is 60.1 Å². The van der Waals surface area contributed by atoms with Crippen LogP contribution in [-0.4, -0.2) is 127 Å². The van der Waals surface area contributed by atoms with Crippen LogP contribution < -0.4 is 30.2 Å². The molecule has 4 atom stereocenters. The van der Waals surface area contributed by atoms with Gasteiger partial charge in [-0.15, -0.1) is 0 Å². The number of rotatable bonds is 28. The highest BCUT2D eigenvalue weighted by molar-refractivity contribution is 6.33. The van der Waals surface area contributed by atoms with Gasteiger partial charge in [-0.1, -0.05) is 116 Å². The minimum absolute atomic E-state index is 0.0293. The van der Waals surface area contributed by atoms with E-state index in [1.165, 1.54) is 42.0 Å². The first-order valence-corrected chi connectivity index (χ1v) is 46.4. The van der Waals surface area contributed by atoms with Crippen molar-refractivity contribution in [1.82, 2.24) is 50.2 Å². The molecule has 5 aliphatic carbocycles. The quantitative estimate of drug-likeness (QED) is 0.0236. The minimum atomic E-state index is -0.288. The maximum absolute atomic E-state index is 13.9. The highest BCUT2D eigenvalue weighted by Crippen LogP contribution is 2.47. The molecule has 0 radical (unpaired) electrons. The van der Waals surface area contributed by atoms with Gasteiger partial charge in [-0.05, 0) is 316 Å². The lowest BCUT2D eigenvalue weighted by molar-refractivity contribution is -0.138. The first kappa shape index (κ1) is 94.1. The zero-order chi connectivity index (χ0) is 90.9. The summed E-state index contributed by atoms with van der Waals surface area (Å²) in [5.41, 5.74) is 31.9. The molecule has 0 spiro atoms. The van der Waals surface area contributed by atoms with E-state index in [2.05, 4.69) is 120 Å². The first-order valence-electron chi connectivity index (χ1n) is 45.3. The lowest BCUT2D eigenvalue weighted by Gasteiger charge is -2.32. The molecule has 3 aromatic heterocycles. The molecule has 3 fully saturated rings. The Hall–Kier alpha value is -10.5. The van der Waals surface area contributed by atoms with E-state index < -0.39 is 0 Å². The maximum Gasteiger partial charge on any atom is 0.293 e. The predicted octanol–water partition coefficient (Wildman–Crippen LogP) is 20.8. The van der Waals surface area contributed by atoms with E-state index in [4.69, 9.17) is 53.8 Å². The van der Waals surface area contributed by atoms with E-state index in [9.17, 15) is 28.8 Å². The molecule has 127 heavy (non-hydrogen) atoms. The minimum Gasteiger partial charge on any atom is -0.494 e. The average molecular weight is 1780 g/mol. The number of piperidine rings is 1. The summed E-state index contributed by atoms with van der Waals surface area (Å²) in [7, 11) is 5.91. The number of Topliss-reactive ketones (excluding diaryl/α,β-unsaturated/α-hetero) is 1. The highest BCUT2D eigenvalue weighted by atomic mass is 35.5. The molecule has 4 heterocycles. The zero-order valence-corrected chi connectivity index (χ0v) is 79.4. The Balaban J connectivity index is 0.000000163. The van der Waals surface area contributed by atoms with Crippen LogP contribution in [0.5, 0.6) is 17.2 Å². The number of aromatic nitrogens is 6. The Morgan fingerprint density at radius 1 is 0.449 bits per heavy atom. The Kier molecular flexibility index (Phi) is 30.9. The topological polar surface area (TPSA) is 232 Å². The number of nitrogens with zero attached hydrogens (tertiary/aromatic N) is 7. The van der Waals surface area contributed by atoms with Crippen molar-refractivity contribution < 1.29 is 47.7 Å². The summed E-state index contributed by atoms with van der Waals surface area (Å²) in [6.45, 7) is 31.3. The van der Waals surface area contributed by atoms with Crippen LogP contribution >= 0.6 is 34.8 Å². The molecule has 0 unspecified atom stereocenters. The summed E-state index contributed by atoms with van der Waals surface area (Å²) >= 11 is 19.0. The normalized spacial score (nSPS) is 17.2. The molecule has 1 saturated heterocycles. The number of benzene rings is 6. The second-order valence-corrected chi connectivity index (χ2v) is 37.1. The van der Waals surface area contributed by atoms with E-state index in [0.29, 0.717) is 90.2 Å². The van der Waals surface area contributed by atoms with E-state index in [1.807, 2.05) is 127 Å². The van der Waals surface area contributed by atoms with Gasteiger partial charge in [0, 0.05) is 131 Å². The number of hydrogen-bond donors (Lipinski definition) is 3. The number of carbonyl (C=O) groups is 6. The number of fused-ring (bicyclic) bond motifs is 3. The number of nitrogens with one attached hydrogen (secondary N) is 3. The molecule has 23 heteroatoms. The van der Waals surface area contributed by atoms with Crippen molar-refractivity contribution in [3.63, 3.8) is 0 Å². The van der Waals surface area contributed by atoms with Crippen molar-refractivity contribution in [1.29, 1.82) is 0 Å². The molecule has 20 nitrogen and oxygen atoms in total. The number of allylic oxidation sites excluding steroid dienone is 3. The largest absolute Gasteiger partial charge is 0.494 e. The number of aryl methyl sites for hydroxylation is 12. The summed E-state index contributed by atoms with van der Waals surface area (Å²) in [5.74, 6) is 2.80. The first-order chi connectivity index (χ1) is 60.8. The third-order valence-corrected chi connectivity index (χ3v) is 28.5. The van der Waals surface area contributed by atoms with Crippen LogP contribution in [0.3, 0.4) is 0 Å². The molecule has 3 N–H and O–H groups in total. The number of hydrogen-bond acceptors (Lipinski definition) is 13. The van der Waals surface area contributed by atoms with Crippen molar-refractivity contribution in [3.8, 4) is 50.6 Å². The van der Waals surface area contributed by atoms with Crippen LogP contribution in [-0.2, 0) is 73.9 Å². The summed E-state index contributed by atoms with van der Waals surface area (Å²) < 4.78 is 29.5. The van der Waals surface area contributed by atoms with E-state index in [0.717, 1.165) is 242 Å². The number of amides is 4. The van der Waals surface area contributed by atoms with Gasteiger partial charge in [0.15, 0.2) is 0 Å². The molecule has 1 aliphatic heterocycles. The van der Waals surface area contributed by atoms with Crippen molar-refractivity contribution in [2.45, 2.75) is 250 Å². The number of ether oxygens (including phenoxy) is 4. The van der Waals surface area contributed by atoms with Gasteiger partial charge in [0.25, 0.3) is 6.47 Å². The van der Waals surface area contributed by atoms with Gasteiger partial charge in [0.2, 0.25) is 23.6 Å². The summed E-state index contributed by atoms with van der Waals surface area (Å²) in [4.78, 5) is 78.3. The lowest BCUT2D eigenvalue weighted by atomic mass is 9.87. The van der Waals surface area contributed by atoms with Gasteiger partial charge in [-0.25, -0.2) is 0 Å². The van der Waals surface area contributed by atoms with Crippen molar-refractivity contribution in [2.75, 3.05) is 32.9 Å². The number of ketones is 1.